The Balaban J connectivity index is 2.42. The Morgan fingerprint density at radius 2 is 2.71 bits per heavy atom. The molecule has 0 spiro atoms. The Kier molecular flexibility index (Phi) is 1.34. The van der Waals surface area contributed by atoms with Crippen LogP contribution < -0.4 is 5.43 Å². The molecule has 0 aromatic carbocycles. The van der Waals surface area contributed by atoms with Crippen molar-refractivity contribution >= 4 is 25.4 Å². The number of rotatable bonds is 0. The van der Waals surface area contributed by atoms with Crippen molar-refractivity contribution in [1.29, 1.82) is 0 Å². The molecular formula is C2H5N3S2. The third kappa shape index (κ3) is 1.17. The first-order valence-electron chi connectivity index (χ1n) is 1.88. The zero-order valence-electron chi connectivity index (χ0n) is 3.53. The average molecular weight is 135 g/mol. The first kappa shape index (κ1) is 5.11. The summed E-state index contributed by atoms with van der Waals surface area (Å²) in [4.78, 5) is 0. The monoisotopic (exact) mass is 135 g/mol. The Labute approximate surface area is 52.7 Å². The van der Waals surface area contributed by atoms with Crippen LogP contribution in [-0.2, 0) is 12.8 Å². The molecule has 0 amide bonds. The van der Waals surface area contributed by atoms with E-state index in [-0.39, 0.29) is 5.37 Å². The van der Waals surface area contributed by atoms with E-state index in [1.807, 2.05) is 0 Å². The highest BCUT2D eigenvalue weighted by atomic mass is 32.1. The minimum Gasteiger partial charge on any atom is -0.533 e. The molecular weight excluding hydrogens is 130 g/mol. The van der Waals surface area contributed by atoms with E-state index < -0.39 is 0 Å². The molecule has 0 saturated carbocycles. The van der Waals surface area contributed by atoms with Crippen LogP contribution in [0.25, 0.3) is 0 Å². The van der Waals surface area contributed by atoms with Crippen molar-refractivity contribution in [2.75, 3.05) is 6.54 Å². The van der Waals surface area contributed by atoms with Gasteiger partial charge in [0.15, 0.2) is 5.37 Å². The van der Waals surface area contributed by atoms with Crippen molar-refractivity contribution in [3.05, 3.63) is 0 Å². The zero-order chi connectivity index (χ0) is 5.28. The third-order valence-electron chi connectivity index (χ3n) is 0.647. The van der Waals surface area contributed by atoms with E-state index in [1.165, 1.54) is 4.10 Å². The number of nitrogens with zero attached hydrogens (tertiary/aromatic N) is 2. The van der Waals surface area contributed by atoms with Crippen molar-refractivity contribution in [1.82, 2.24) is 5.43 Å². The molecule has 3 nitrogen and oxygen atoms in total. The molecule has 1 aliphatic rings. The highest BCUT2D eigenvalue weighted by molar-refractivity contribution is 7.80. The quantitative estimate of drug-likeness (QED) is 0.271. The predicted molar refractivity (Wildman–Crippen MR) is 30.8 cm³/mol. The van der Waals surface area contributed by atoms with E-state index in [2.05, 4.69) is 36.1 Å². The molecule has 1 aliphatic heterocycles. The van der Waals surface area contributed by atoms with Crippen LogP contribution in [0.3, 0.4) is 0 Å². The lowest BCUT2D eigenvalue weighted by atomic mass is 10.7. The molecule has 0 fully saturated rings. The standard InChI is InChI=1S/C2H5N3S2/c6-2-1-5(7)4-3-2/h2-3,6H,1H2. The van der Waals surface area contributed by atoms with E-state index >= 15 is 0 Å². The maximum atomic E-state index is 4.63. The van der Waals surface area contributed by atoms with Gasteiger partial charge in [0.05, 0.1) is 5.22 Å². The van der Waals surface area contributed by atoms with Gasteiger partial charge in [-0.2, -0.15) is 5.43 Å². The lowest BCUT2D eigenvalue weighted by Crippen LogP contribution is -2.15. The molecule has 1 atom stereocenters. The molecule has 7 heavy (non-hydrogen) atoms. The maximum Gasteiger partial charge on any atom is 0.195 e. The second-order valence-electron chi connectivity index (χ2n) is 1.28. The fourth-order valence-corrected chi connectivity index (χ4v) is 0.874. The summed E-state index contributed by atoms with van der Waals surface area (Å²) in [5, 5.41) is 3.76. The van der Waals surface area contributed by atoms with E-state index in [0.717, 1.165) is 0 Å². The summed E-state index contributed by atoms with van der Waals surface area (Å²) in [6.07, 6.45) is 0. The molecule has 0 bridgehead atoms. The van der Waals surface area contributed by atoms with Crippen molar-refractivity contribution in [3.8, 4) is 0 Å². The molecule has 0 radical (unpaired) electrons. The van der Waals surface area contributed by atoms with Crippen molar-refractivity contribution in [2.45, 2.75) is 5.37 Å². The van der Waals surface area contributed by atoms with Gasteiger partial charge in [0, 0.05) is 0 Å². The van der Waals surface area contributed by atoms with Gasteiger partial charge in [-0.25, -0.2) is 0 Å². The van der Waals surface area contributed by atoms with Crippen LogP contribution >= 0.6 is 12.6 Å². The van der Waals surface area contributed by atoms with Crippen molar-refractivity contribution < 1.29 is 4.10 Å². The molecule has 40 valence electrons. The van der Waals surface area contributed by atoms with Gasteiger partial charge in [-0.1, -0.05) is 0 Å². The van der Waals surface area contributed by atoms with E-state index in [4.69, 9.17) is 0 Å². The first-order valence-corrected chi connectivity index (χ1v) is 2.76. The van der Waals surface area contributed by atoms with Gasteiger partial charge in [-0.15, -0.1) is 12.6 Å². The minimum absolute atomic E-state index is 0.123. The predicted octanol–water partition coefficient (Wildman–Crippen LogP) is -0.313. The van der Waals surface area contributed by atoms with E-state index in [9.17, 15) is 0 Å². The summed E-state index contributed by atoms with van der Waals surface area (Å²) >= 11 is 8.67. The molecule has 0 aromatic rings. The molecule has 1 heterocycles. The number of hydrogen-bond acceptors (Lipinski definition) is 4. The fourth-order valence-electron chi connectivity index (χ4n) is 0.361. The van der Waals surface area contributed by atoms with Crippen LogP contribution in [0.15, 0.2) is 5.22 Å². The second-order valence-corrected chi connectivity index (χ2v) is 2.32. The highest BCUT2D eigenvalue weighted by Gasteiger charge is 2.12. The lowest BCUT2D eigenvalue weighted by Gasteiger charge is -1.94. The van der Waals surface area contributed by atoms with Gasteiger partial charge in [0.2, 0.25) is 0 Å². The van der Waals surface area contributed by atoms with E-state index in [1.54, 1.807) is 0 Å². The summed E-state index contributed by atoms with van der Waals surface area (Å²) in [5.74, 6) is 0. The normalized spacial score (nSPS) is 29.3. The summed E-state index contributed by atoms with van der Waals surface area (Å²) in [6, 6.07) is 0. The van der Waals surface area contributed by atoms with Crippen LogP contribution in [0.4, 0.5) is 0 Å². The fraction of sp³-hybridized carbons (Fsp3) is 1.00. The number of nitrogens with one attached hydrogen (secondary N) is 1. The Bertz CT molecular complexity index is 101. The topological polar surface area (TPSA) is 27.4 Å². The highest BCUT2D eigenvalue weighted by Crippen LogP contribution is 1.96. The van der Waals surface area contributed by atoms with Crippen LogP contribution in [-0.4, -0.2) is 16.0 Å². The zero-order valence-corrected chi connectivity index (χ0v) is 5.25. The van der Waals surface area contributed by atoms with Crippen LogP contribution in [0, 0.1) is 0 Å². The van der Waals surface area contributed by atoms with Crippen molar-refractivity contribution in [2.24, 2.45) is 5.22 Å². The van der Waals surface area contributed by atoms with Gasteiger partial charge in [0.25, 0.3) is 0 Å². The number of hydrogen-bond donors (Lipinski definition) is 2. The molecule has 1 unspecified atom stereocenters. The Morgan fingerprint density at radius 1 is 2.00 bits per heavy atom. The first-order chi connectivity index (χ1) is 3.29. The van der Waals surface area contributed by atoms with Gasteiger partial charge in [-0.3, -0.25) is 4.10 Å². The Hall–Kier alpha value is -0.0300. The molecule has 1 rings (SSSR count). The minimum atomic E-state index is 0.123. The van der Waals surface area contributed by atoms with Gasteiger partial charge < -0.3 is 12.8 Å². The second kappa shape index (κ2) is 1.83. The summed E-state index contributed by atoms with van der Waals surface area (Å²) in [6.45, 7) is 0.707. The average Bonchev–Trinajstić information content (AvgIpc) is 1.87. The smallest absolute Gasteiger partial charge is 0.195 e. The SMILES string of the molecule is [S-][N+]1=NNC(S)C1. The summed E-state index contributed by atoms with van der Waals surface area (Å²) in [5.41, 5.74) is 2.68. The third-order valence-corrected chi connectivity index (χ3v) is 1.16. The molecule has 0 aromatic heterocycles. The van der Waals surface area contributed by atoms with Gasteiger partial charge in [-0.05, 0) is 0 Å². The molecule has 1 N–H and O–H groups in total. The van der Waals surface area contributed by atoms with E-state index in [0.29, 0.717) is 6.54 Å². The summed E-state index contributed by atoms with van der Waals surface area (Å²) < 4.78 is 1.40. The molecule has 0 aliphatic carbocycles. The van der Waals surface area contributed by atoms with Gasteiger partial charge in [0.1, 0.15) is 6.54 Å². The van der Waals surface area contributed by atoms with Crippen LogP contribution in [0.5, 0.6) is 0 Å². The van der Waals surface area contributed by atoms with Crippen LogP contribution in [0.1, 0.15) is 0 Å². The largest absolute Gasteiger partial charge is 0.533 e. The molecule has 0 saturated heterocycles. The number of thiol groups is 1. The maximum absolute atomic E-state index is 4.63. The molecule has 5 heteroatoms. The van der Waals surface area contributed by atoms with Crippen molar-refractivity contribution in [3.63, 3.8) is 0 Å². The summed E-state index contributed by atoms with van der Waals surface area (Å²) in [7, 11) is 0. The lowest BCUT2D eigenvalue weighted by molar-refractivity contribution is -0.407. The Morgan fingerprint density at radius 3 is 2.86 bits per heavy atom. The van der Waals surface area contributed by atoms with Crippen LogP contribution in [0.2, 0.25) is 0 Å². The van der Waals surface area contributed by atoms with Gasteiger partial charge >= 0.3 is 0 Å².